The summed E-state index contributed by atoms with van der Waals surface area (Å²) >= 11 is 6.94. The third kappa shape index (κ3) is 5.24. The molecule has 1 aromatic rings. The molecule has 0 bridgehead atoms. The minimum absolute atomic E-state index is 0.199. The number of thiocarbonyl (C=S) groups is 1. The van der Waals surface area contributed by atoms with Gasteiger partial charge < -0.3 is 9.64 Å². The number of amidine groups is 1. The highest BCUT2D eigenvalue weighted by Gasteiger charge is 2.33. The van der Waals surface area contributed by atoms with Gasteiger partial charge in [-0.1, -0.05) is 12.2 Å². The second-order valence-electron chi connectivity index (χ2n) is 8.76. The Morgan fingerprint density at radius 3 is 2.82 bits per heavy atom. The average molecular weight is 490 g/mol. The van der Waals surface area contributed by atoms with Crippen molar-refractivity contribution in [3.8, 4) is 5.75 Å². The molecular weight excluding hydrogens is 461 g/mol. The zero-order chi connectivity index (χ0) is 22.8. The maximum Gasteiger partial charge on any atom is 0.415 e. The standard InChI is InChI=1S/C23H28FN5O2S2/c24-17-6-5-16(13-20-21(32)26-22(33-20)29-11-2-1-8-25-29)19(14-17)31-23(30)28-12-7-18(15-28)27-9-3-4-10-27/h5-6,13-14,18,25H,1-4,7-12,15H2/b20-13-/t18-/m1/s1. The second-order valence-corrected chi connectivity index (χ2v) is 10.2. The highest BCUT2D eigenvalue weighted by Crippen LogP contribution is 2.34. The molecule has 7 nitrogen and oxygen atoms in total. The second kappa shape index (κ2) is 10.1. The van der Waals surface area contributed by atoms with Crippen molar-refractivity contribution in [2.75, 3.05) is 39.3 Å². The Morgan fingerprint density at radius 2 is 2.03 bits per heavy atom. The number of rotatable bonds is 3. The molecule has 5 rings (SSSR count). The molecule has 4 aliphatic heterocycles. The van der Waals surface area contributed by atoms with Crippen LogP contribution in [0.5, 0.6) is 5.75 Å². The van der Waals surface area contributed by atoms with Gasteiger partial charge in [0.15, 0.2) is 5.17 Å². The number of benzene rings is 1. The monoisotopic (exact) mass is 489 g/mol. The molecule has 4 aliphatic rings. The highest BCUT2D eigenvalue weighted by atomic mass is 32.2. The summed E-state index contributed by atoms with van der Waals surface area (Å²) in [5.41, 5.74) is 3.94. The van der Waals surface area contributed by atoms with Crippen molar-refractivity contribution in [1.29, 1.82) is 0 Å². The topological polar surface area (TPSA) is 60.4 Å². The Kier molecular flexibility index (Phi) is 6.96. The zero-order valence-electron chi connectivity index (χ0n) is 18.5. The normalized spacial score (nSPS) is 25.2. The molecule has 33 heavy (non-hydrogen) atoms. The summed E-state index contributed by atoms with van der Waals surface area (Å²) in [4.78, 5) is 22.8. The Hall–Kier alpha value is -2.01. The quantitative estimate of drug-likeness (QED) is 0.511. The SMILES string of the molecule is O=C(Oc1cc(F)ccc1/C=C1\SC(N2CCCCN2)=NC1=S)N1CC[C@@H](N2CCCC2)C1. The van der Waals surface area contributed by atoms with Crippen LogP contribution in [0.25, 0.3) is 6.08 Å². The summed E-state index contributed by atoms with van der Waals surface area (Å²) in [6.07, 6.45) is 7.03. The summed E-state index contributed by atoms with van der Waals surface area (Å²) in [6, 6.07) is 4.62. The van der Waals surface area contributed by atoms with Gasteiger partial charge in [-0.25, -0.2) is 19.6 Å². The number of ether oxygens (including phenoxy) is 1. The molecule has 1 amide bonds. The van der Waals surface area contributed by atoms with Crippen LogP contribution >= 0.6 is 24.0 Å². The highest BCUT2D eigenvalue weighted by molar-refractivity contribution is 8.19. The van der Waals surface area contributed by atoms with Gasteiger partial charge >= 0.3 is 6.09 Å². The van der Waals surface area contributed by atoms with Gasteiger partial charge in [0.1, 0.15) is 16.6 Å². The minimum Gasteiger partial charge on any atom is -0.409 e. The van der Waals surface area contributed by atoms with Crippen molar-refractivity contribution in [3.63, 3.8) is 0 Å². The van der Waals surface area contributed by atoms with Gasteiger partial charge in [0.2, 0.25) is 0 Å². The predicted octanol–water partition coefficient (Wildman–Crippen LogP) is 3.87. The number of nitrogens with one attached hydrogen (secondary N) is 1. The Labute approximate surface area is 203 Å². The third-order valence-corrected chi connectivity index (χ3v) is 7.96. The average Bonchev–Trinajstić information content (AvgIpc) is 3.57. The van der Waals surface area contributed by atoms with E-state index in [-0.39, 0.29) is 5.75 Å². The molecule has 0 aliphatic carbocycles. The molecule has 0 radical (unpaired) electrons. The molecule has 0 spiro atoms. The Morgan fingerprint density at radius 1 is 1.21 bits per heavy atom. The van der Waals surface area contributed by atoms with Crippen LogP contribution in [0.15, 0.2) is 28.1 Å². The van der Waals surface area contributed by atoms with Crippen LogP contribution in [0.3, 0.4) is 0 Å². The van der Waals surface area contributed by atoms with Crippen LogP contribution in [0, 0.1) is 5.82 Å². The van der Waals surface area contributed by atoms with E-state index in [0.29, 0.717) is 29.7 Å². The lowest BCUT2D eigenvalue weighted by atomic mass is 10.2. The number of aliphatic imine (C=N–C) groups is 1. The van der Waals surface area contributed by atoms with E-state index in [1.54, 1.807) is 11.0 Å². The van der Waals surface area contributed by atoms with Crippen LogP contribution in [-0.2, 0) is 0 Å². The number of thioether (sulfide) groups is 1. The Bertz CT molecular complexity index is 989. The summed E-state index contributed by atoms with van der Waals surface area (Å²) in [5, 5.41) is 2.84. The van der Waals surface area contributed by atoms with Crippen molar-refractivity contribution in [3.05, 3.63) is 34.5 Å². The first-order valence-electron chi connectivity index (χ1n) is 11.6. The number of carbonyl (C=O) groups excluding carboxylic acids is 1. The number of carbonyl (C=O) groups is 1. The number of amides is 1. The van der Waals surface area contributed by atoms with Crippen LogP contribution in [0.4, 0.5) is 9.18 Å². The summed E-state index contributed by atoms with van der Waals surface area (Å²) in [7, 11) is 0. The first-order valence-corrected chi connectivity index (χ1v) is 12.8. The fraction of sp³-hybridized carbons (Fsp3) is 0.522. The molecule has 4 heterocycles. The summed E-state index contributed by atoms with van der Waals surface area (Å²) in [6.45, 7) is 5.32. The number of hydrogen-bond donors (Lipinski definition) is 1. The van der Waals surface area contributed by atoms with Gasteiger partial charge in [0.05, 0.1) is 4.91 Å². The first-order chi connectivity index (χ1) is 16.1. The van der Waals surface area contributed by atoms with Gasteiger partial charge in [-0.3, -0.25) is 9.91 Å². The van der Waals surface area contributed by atoms with E-state index in [9.17, 15) is 9.18 Å². The van der Waals surface area contributed by atoms with E-state index >= 15 is 0 Å². The lowest BCUT2D eigenvalue weighted by molar-refractivity contribution is 0.156. The van der Waals surface area contributed by atoms with Gasteiger partial charge in [0.25, 0.3) is 0 Å². The maximum atomic E-state index is 14.0. The van der Waals surface area contributed by atoms with E-state index in [2.05, 4.69) is 15.3 Å². The van der Waals surface area contributed by atoms with E-state index < -0.39 is 11.9 Å². The fourth-order valence-electron chi connectivity index (χ4n) is 4.69. The van der Waals surface area contributed by atoms with E-state index in [1.165, 1.54) is 36.7 Å². The van der Waals surface area contributed by atoms with Crippen molar-refractivity contribution in [2.45, 2.75) is 38.1 Å². The third-order valence-electron chi connectivity index (χ3n) is 6.49. The van der Waals surface area contributed by atoms with E-state index in [1.807, 2.05) is 11.1 Å². The number of hydrogen-bond acceptors (Lipinski definition) is 7. The molecule has 3 saturated heterocycles. The van der Waals surface area contributed by atoms with Crippen molar-refractivity contribution in [2.24, 2.45) is 4.99 Å². The summed E-state index contributed by atoms with van der Waals surface area (Å²) < 4.78 is 19.7. The Balaban J connectivity index is 1.27. The predicted molar refractivity (Wildman–Crippen MR) is 133 cm³/mol. The number of halogens is 1. The molecule has 1 N–H and O–H groups in total. The van der Waals surface area contributed by atoms with Crippen molar-refractivity contribution >= 4 is 46.3 Å². The lowest BCUT2D eigenvalue weighted by Crippen LogP contribution is -2.45. The van der Waals surface area contributed by atoms with Gasteiger partial charge in [0, 0.05) is 43.9 Å². The van der Waals surface area contributed by atoms with Gasteiger partial charge in [-0.15, -0.1) is 0 Å². The van der Waals surface area contributed by atoms with Gasteiger partial charge in [-0.2, -0.15) is 0 Å². The molecular formula is C23H28FN5O2S2. The smallest absolute Gasteiger partial charge is 0.409 e. The first kappa shape index (κ1) is 22.8. The number of nitrogens with zero attached hydrogens (tertiary/aromatic N) is 4. The molecule has 0 aromatic heterocycles. The van der Waals surface area contributed by atoms with E-state index in [0.717, 1.165) is 55.5 Å². The maximum absolute atomic E-state index is 14.0. The molecule has 0 saturated carbocycles. The van der Waals surface area contributed by atoms with Crippen LogP contribution in [0.2, 0.25) is 0 Å². The van der Waals surface area contributed by atoms with Crippen molar-refractivity contribution < 1.29 is 13.9 Å². The number of likely N-dealkylation sites (tertiary alicyclic amines) is 2. The van der Waals surface area contributed by atoms with Crippen LogP contribution in [0.1, 0.15) is 37.7 Å². The summed E-state index contributed by atoms with van der Waals surface area (Å²) in [5.74, 6) is -0.252. The zero-order valence-corrected chi connectivity index (χ0v) is 20.1. The minimum atomic E-state index is -0.451. The molecule has 176 valence electrons. The van der Waals surface area contributed by atoms with Crippen LogP contribution in [-0.4, -0.2) is 76.4 Å². The molecule has 3 fully saturated rings. The molecule has 1 atom stereocenters. The van der Waals surface area contributed by atoms with Gasteiger partial charge in [-0.05, 0) is 75.2 Å². The molecule has 10 heteroatoms. The molecule has 1 aromatic carbocycles. The van der Waals surface area contributed by atoms with Crippen molar-refractivity contribution in [1.82, 2.24) is 20.2 Å². The van der Waals surface area contributed by atoms with E-state index in [4.69, 9.17) is 17.0 Å². The lowest BCUT2D eigenvalue weighted by Gasteiger charge is -2.28. The molecule has 0 unspecified atom stereocenters. The largest absolute Gasteiger partial charge is 0.415 e. The number of hydrazine groups is 1. The fourth-order valence-corrected chi connectivity index (χ4v) is 5.94. The van der Waals surface area contributed by atoms with Crippen LogP contribution < -0.4 is 10.2 Å².